The van der Waals surface area contributed by atoms with E-state index >= 15 is 0 Å². The summed E-state index contributed by atoms with van der Waals surface area (Å²) in [6.45, 7) is 2.03. The molecule has 2 unspecified atom stereocenters. The van der Waals surface area contributed by atoms with E-state index in [9.17, 15) is 9.59 Å². The highest BCUT2D eigenvalue weighted by Gasteiger charge is 2.56. The zero-order valence-corrected chi connectivity index (χ0v) is 19.8. The number of nitrogens with one attached hydrogen (secondary N) is 1. The van der Waals surface area contributed by atoms with Crippen LogP contribution in [0.3, 0.4) is 0 Å². The molecule has 0 saturated carbocycles. The molecule has 6 rings (SSSR count). The second-order valence-electron chi connectivity index (χ2n) is 8.98. The fraction of sp³-hybridized carbons (Fsp3) is 0.207. The summed E-state index contributed by atoms with van der Waals surface area (Å²) in [7, 11) is 0. The minimum Gasteiger partial charge on any atom is -0.469 e. The SMILES string of the molecule is CCOC(=O)Cc1nn(-c2ccccc2)c2c1C1(CC(c3ccccc3)O2)C(=O)Nc2ccccc21. The van der Waals surface area contributed by atoms with Crippen molar-refractivity contribution in [3.8, 4) is 11.6 Å². The number of benzene rings is 3. The van der Waals surface area contributed by atoms with Crippen molar-refractivity contribution < 1.29 is 19.1 Å². The average molecular weight is 480 g/mol. The van der Waals surface area contributed by atoms with Gasteiger partial charge in [0.2, 0.25) is 11.8 Å². The Labute approximate surface area is 208 Å². The third-order valence-corrected chi connectivity index (χ3v) is 6.90. The van der Waals surface area contributed by atoms with E-state index < -0.39 is 17.5 Å². The van der Waals surface area contributed by atoms with E-state index in [-0.39, 0.29) is 18.9 Å². The minimum atomic E-state index is -1.07. The second kappa shape index (κ2) is 8.68. The number of fused-ring (bicyclic) bond motifs is 4. The van der Waals surface area contributed by atoms with Crippen LogP contribution in [0.15, 0.2) is 84.9 Å². The monoisotopic (exact) mass is 479 g/mol. The Kier molecular flexibility index (Phi) is 5.33. The van der Waals surface area contributed by atoms with Crippen molar-refractivity contribution in [1.29, 1.82) is 0 Å². The molecule has 1 aromatic heterocycles. The smallest absolute Gasteiger partial charge is 0.311 e. The number of aromatic nitrogens is 2. The number of hydrogen-bond acceptors (Lipinski definition) is 5. The molecule has 0 radical (unpaired) electrons. The van der Waals surface area contributed by atoms with Gasteiger partial charge in [-0.15, -0.1) is 0 Å². The molecule has 7 nitrogen and oxygen atoms in total. The molecule has 2 aliphatic rings. The van der Waals surface area contributed by atoms with Gasteiger partial charge in [0.15, 0.2) is 0 Å². The number of esters is 1. The van der Waals surface area contributed by atoms with Gasteiger partial charge < -0.3 is 14.8 Å². The lowest BCUT2D eigenvalue weighted by molar-refractivity contribution is -0.142. The number of ether oxygens (including phenoxy) is 2. The molecule has 1 spiro atoms. The van der Waals surface area contributed by atoms with Gasteiger partial charge in [0, 0.05) is 12.1 Å². The maximum absolute atomic E-state index is 13.9. The molecule has 180 valence electrons. The first-order valence-electron chi connectivity index (χ1n) is 12.1. The molecule has 3 aromatic carbocycles. The standard InChI is InChI=1S/C29H25N3O4/c1-2-35-25(33)17-23-26-27(32(31-23)20-13-7-4-8-14-20)36-24(19-11-5-3-6-12-19)18-29(26)21-15-9-10-16-22(21)30-28(29)34/h3-16,24H,2,17-18H2,1H3,(H,30,34). The molecular formula is C29H25N3O4. The highest BCUT2D eigenvalue weighted by atomic mass is 16.5. The van der Waals surface area contributed by atoms with Crippen molar-refractivity contribution in [1.82, 2.24) is 9.78 Å². The van der Waals surface area contributed by atoms with Gasteiger partial charge in [-0.05, 0) is 36.2 Å². The van der Waals surface area contributed by atoms with Crippen LogP contribution in [0, 0.1) is 0 Å². The molecule has 0 fully saturated rings. The van der Waals surface area contributed by atoms with E-state index in [1.54, 1.807) is 11.6 Å². The number of anilines is 1. The summed E-state index contributed by atoms with van der Waals surface area (Å²) in [6.07, 6.45) is -0.0827. The highest BCUT2D eigenvalue weighted by molar-refractivity contribution is 6.09. The van der Waals surface area contributed by atoms with Crippen LogP contribution in [-0.4, -0.2) is 28.3 Å². The van der Waals surface area contributed by atoms with Gasteiger partial charge in [0.25, 0.3) is 0 Å². The van der Waals surface area contributed by atoms with E-state index in [1.807, 2.05) is 84.9 Å². The zero-order valence-electron chi connectivity index (χ0n) is 19.8. The predicted molar refractivity (Wildman–Crippen MR) is 134 cm³/mol. The van der Waals surface area contributed by atoms with Crippen LogP contribution in [0.25, 0.3) is 5.69 Å². The quantitative estimate of drug-likeness (QED) is 0.418. The van der Waals surface area contributed by atoms with Crippen molar-refractivity contribution in [2.45, 2.75) is 31.3 Å². The fourth-order valence-corrected chi connectivity index (χ4v) is 5.38. The normalized spacial score (nSPS) is 19.8. The van der Waals surface area contributed by atoms with Gasteiger partial charge in [-0.25, -0.2) is 4.68 Å². The molecular weight excluding hydrogens is 454 g/mol. The van der Waals surface area contributed by atoms with Crippen molar-refractivity contribution >= 4 is 17.6 Å². The molecule has 2 aliphatic heterocycles. The second-order valence-corrected chi connectivity index (χ2v) is 8.98. The number of carbonyl (C=O) groups is 2. The average Bonchev–Trinajstić information content (AvgIpc) is 3.40. The number of amides is 1. The Hall–Kier alpha value is -4.39. The number of carbonyl (C=O) groups excluding carboxylic acids is 2. The topological polar surface area (TPSA) is 82.4 Å². The third-order valence-electron chi connectivity index (χ3n) is 6.90. The summed E-state index contributed by atoms with van der Waals surface area (Å²) < 4.78 is 13.6. The van der Waals surface area contributed by atoms with Crippen molar-refractivity contribution in [3.63, 3.8) is 0 Å². The van der Waals surface area contributed by atoms with E-state index in [0.717, 1.165) is 22.5 Å². The van der Waals surface area contributed by atoms with Gasteiger partial charge >= 0.3 is 5.97 Å². The summed E-state index contributed by atoms with van der Waals surface area (Å²) in [6, 6.07) is 27.2. The fourth-order valence-electron chi connectivity index (χ4n) is 5.38. The van der Waals surface area contributed by atoms with E-state index in [4.69, 9.17) is 14.6 Å². The predicted octanol–water partition coefficient (Wildman–Crippen LogP) is 4.74. The van der Waals surface area contributed by atoms with Gasteiger partial charge in [-0.2, -0.15) is 5.10 Å². The first-order valence-corrected chi connectivity index (χ1v) is 12.1. The molecule has 0 saturated heterocycles. The summed E-state index contributed by atoms with van der Waals surface area (Å²) in [5.74, 6) is -0.0793. The van der Waals surface area contributed by atoms with Gasteiger partial charge in [0.05, 0.1) is 30.0 Å². The number of nitrogens with zero attached hydrogens (tertiary/aromatic N) is 2. The first-order chi connectivity index (χ1) is 17.6. The van der Waals surface area contributed by atoms with Crippen LogP contribution in [-0.2, 0) is 26.2 Å². The first kappa shape index (κ1) is 22.1. The summed E-state index contributed by atoms with van der Waals surface area (Å²) >= 11 is 0. The maximum atomic E-state index is 13.9. The lowest BCUT2D eigenvalue weighted by Crippen LogP contribution is -2.42. The van der Waals surface area contributed by atoms with Crippen LogP contribution in [0.4, 0.5) is 5.69 Å². The van der Waals surface area contributed by atoms with Crippen LogP contribution < -0.4 is 10.1 Å². The number of rotatable bonds is 5. The van der Waals surface area contributed by atoms with E-state index in [0.29, 0.717) is 23.6 Å². The van der Waals surface area contributed by atoms with Crippen LogP contribution in [0.5, 0.6) is 5.88 Å². The number of para-hydroxylation sites is 2. The molecule has 1 N–H and O–H groups in total. The molecule has 4 aromatic rings. The Morgan fingerprint density at radius 3 is 2.50 bits per heavy atom. The van der Waals surface area contributed by atoms with Gasteiger partial charge in [-0.1, -0.05) is 66.7 Å². The lowest BCUT2D eigenvalue weighted by Gasteiger charge is -2.37. The Morgan fingerprint density at radius 2 is 1.75 bits per heavy atom. The van der Waals surface area contributed by atoms with Crippen molar-refractivity contribution in [2.24, 2.45) is 0 Å². The van der Waals surface area contributed by atoms with E-state index in [1.165, 1.54) is 0 Å². The number of hydrogen-bond donors (Lipinski definition) is 1. The van der Waals surface area contributed by atoms with Crippen molar-refractivity contribution in [3.05, 3.63) is 107 Å². The molecule has 7 heteroatoms. The van der Waals surface area contributed by atoms with Crippen LogP contribution in [0.1, 0.15) is 41.8 Å². The molecule has 0 bridgehead atoms. The highest BCUT2D eigenvalue weighted by Crippen LogP contribution is 2.56. The minimum absolute atomic E-state index is 0.0629. The molecule has 1 amide bonds. The summed E-state index contributed by atoms with van der Waals surface area (Å²) in [5.41, 5.74) is 3.39. The van der Waals surface area contributed by atoms with E-state index in [2.05, 4.69) is 5.32 Å². The van der Waals surface area contributed by atoms with Crippen LogP contribution >= 0.6 is 0 Å². The zero-order chi connectivity index (χ0) is 24.7. The molecule has 3 heterocycles. The Morgan fingerprint density at radius 1 is 1.06 bits per heavy atom. The Balaban J connectivity index is 1.63. The Bertz CT molecular complexity index is 1450. The maximum Gasteiger partial charge on any atom is 0.311 e. The largest absolute Gasteiger partial charge is 0.469 e. The summed E-state index contributed by atoms with van der Waals surface area (Å²) in [5, 5.41) is 7.93. The van der Waals surface area contributed by atoms with Gasteiger partial charge in [-0.3, -0.25) is 9.59 Å². The molecule has 36 heavy (non-hydrogen) atoms. The lowest BCUT2D eigenvalue weighted by atomic mass is 9.69. The third kappa shape index (κ3) is 3.39. The summed E-state index contributed by atoms with van der Waals surface area (Å²) in [4.78, 5) is 26.6. The van der Waals surface area contributed by atoms with Gasteiger partial charge in [0.1, 0.15) is 11.5 Å². The van der Waals surface area contributed by atoms with Crippen LogP contribution in [0.2, 0.25) is 0 Å². The molecule has 2 atom stereocenters. The molecule has 0 aliphatic carbocycles. The van der Waals surface area contributed by atoms with Crippen molar-refractivity contribution in [2.75, 3.05) is 11.9 Å².